The van der Waals surface area contributed by atoms with Gasteiger partial charge in [0.25, 0.3) is 0 Å². The number of hydrogen-bond acceptors (Lipinski definition) is 8. The molecule has 10 nitrogen and oxygen atoms in total. The van der Waals surface area contributed by atoms with Crippen LogP contribution in [0.5, 0.6) is 0 Å². The smallest absolute Gasteiger partial charge is 0.343 e. The normalized spacial score (nSPS) is 10.7. The first-order valence-corrected chi connectivity index (χ1v) is 13.6. The van der Waals surface area contributed by atoms with E-state index < -0.39 is 46.9 Å². The van der Waals surface area contributed by atoms with Crippen molar-refractivity contribution in [2.45, 2.75) is 0 Å². The van der Waals surface area contributed by atoms with Gasteiger partial charge in [0.15, 0.2) is 0 Å². The molecule has 0 unspecified atom stereocenters. The van der Waals surface area contributed by atoms with Gasteiger partial charge in [-0.25, -0.2) is 19.2 Å². The Balaban J connectivity index is 1.82. The first-order chi connectivity index (χ1) is 22.2. The second kappa shape index (κ2) is 12.9. The standard InChI is InChI=1S/C34H26F2N2O8/c1-43-31(39)23-25(33(41)45-3)29(35)37(21-11-7-5-8-12-21)27(23)19-15-17-20(18-16-19)28-24(32(40)44-2)26(34(42)46-4)30(36)38(28)22-13-9-6-10-14-22/h5-18H,1-4H3. The molecule has 0 saturated heterocycles. The topological polar surface area (TPSA) is 115 Å². The van der Waals surface area contributed by atoms with Gasteiger partial charge >= 0.3 is 23.9 Å². The lowest BCUT2D eigenvalue weighted by molar-refractivity contribution is 0.0553. The predicted octanol–water partition coefficient (Wildman–Crippen LogP) is 6.03. The van der Waals surface area contributed by atoms with Crippen LogP contribution in [0.3, 0.4) is 0 Å². The molecule has 0 spiro atoms. The van der Waals surface area contributed by atoms with Crippen molar-refractivity contribution >= 4 is 23.9 Å². The number of benzene rings is 3. The van der Waals surface area contributed by atoms with Gasteiger partial charge in [0.05, 0.1) is 39.8 Å². The summed E-state index contributed by atoms with van der Waals surface area (Å²) in [4.78, 5) is 51.7. The van der Waals surface area contributed by atoms with Gasteiger partial charge < -0.3 is 18.9 Å². The maximum Gasteiger partial charge on any atom is 0.343 e. The minimum atomic E-state index is -1.10. The summed E-state index contributed by atoms with van der Waals surface area (Å²) >= 11 is 0. The minimum absolute atomic E-state index is 0.0319. The molecule has 2 heterocycles. The molecule has 0 N–H and O–H groups in total. The fourth-order valence-electron chi connectivity index (χ4n) is 5.24. The van der Waals surface area contributed by atoms with Gasteiger partial charge in [0, 0.05) is 11.4 Å². The molecule has 0 amide bonds. The van der Waals surface area contributed by atoms with Crippen LogP contribution in [0.15, 0.2) is 84.9 Å². The van der Waals surface area contributed by atoms with E-state index in [9.17, 15) is 19.2 Å². The Morgan fingerprint density at radius 3 is 1.02 bits per heavy atom. The quantitative estimate of drug-likeness (QED) is 0.151. The zero-order chi connectivity index (χ0) is 33.1. The molecule has 0 radical (unpaired) electrons. The number of nitrogens with zero attached hydrogens (tertiary/aromatic N) is 2. The summed E-state index contributed by atoms with van der Waals surface area (Å²) in [5.41, 5.74) is -1.03. The van der Waals surface area contributed by atoms with E-state index in [0.29, 0.717) is 0 Å². The Hall–Kier alpha value is -6.04. The van der Waals surface area contributed by atoms with E-state index in [1.165, 1.54) is 24.3 Å². The van der Waals surface area contributed by atoms with Crippen molar-refractivity contribution in [2.24, 2.45) is 0 Å². The van der Waals surface area contributed by atoms with Crippen LogP contribution in [0.4, 0.5) is 8.78 Å². The van der Waals surface area contributed by atoms with Crippen LogP contribution < -0.4 is 0 Å². The molecule has 5 aromatic rings. The summed E-state index contributed by atoms with van der Waals surface area (Å²) in [7, 11) is 4.29. The highest BCUT2D eigenvalue weighted by atomic mass is 19.1. The van der Waals surface area contributed by atoms with Crippen molar-refractivity contribution in [1.82, 2.24) is 9.13 Å². The maximum absolute atomic E-state index is 16.1. The molecular formula is C34H26F2N2O8. The Morgan fingerprint density at radius 1 is 0.457 bits per heavy atom. The fourth-order valence-corrected chi connectivity index (χ4v) is 5.24. The van der Waals surface area contributed by atoms with Crippen molar-refractivity contribution in [2.75, 3.05) is 28.4 Å². The van der Waals surface area contributed by atoms with E-state index in [1.807, 2.05) is 0 Å². The minimum Gasteiger partial charge on any atom is -0.465 e. The van der Waals surface area contributed by atoms with Gasteiger partial charge in [-0.15, -0.1) is 0 Å². The molecule has 0 bridgehead atoms. The van der Waals surface area contributed by atoms with E-state index >= 15 is 8.78 Å². The summed E-state index contributed by atoms with van der Waals surface area (Å²) < 4.78 is 53.8. The predicted molar refractivity (Wildman–Crippen MR) is 161 cm³/mol. The molecule has 12 heteroatoms. The Morgan fingerprint density at radius 2 is 0.739 bits per heavy atom. The van der Waals surface area contributed by atoms with Gasteiger partial charge in [-0.05, 0) is 35.4 Å². The molecule has 0 aliphatic heterocycles. The zero-order valence-electron chi connectivity index (χ0n) is 25.0. The first kappa shape index (κ1) is 31.4. The van der Waals surface area contributed by atoms with Gasteiger partial charge in [0.2, 0.25) is 11.9 Å². The van der Waals surface area contributed by atoms with Crippen molar-refractivity contribution in [3.63, 3.8) is 0 Å². The van der Waals surface area contributed by atoms with Crippen LogP contribution in [-0.2, 0) is 18.9 Å². The number of halogens is 2. The lowest BCUT2D eigenvalue weighted by Gasteiger charge is -2.14. The van der Waals surface area contributed by atoms with Gasteiger partial charge in [-0.3, -0.25) is 9.13 Å². The molecule has 0 atom stereocenters. The Kier molecular flexibility index (Phi) is 8.80. The largest absolute Gasteiger partial charge is 0.465 e. The lowest BCUT2D eigenvalue weighted by atomic mass is 9.99. The Labute approximate surface area is 261 Å². The molecule has 0 fully saturated rings. The third kappa shape index (κ3) is 5.19. The van der Waals surface area contributed by atoms with Gasteiger partial charge in [-0.2, -0.15) is 8.78 Å². The summed E-state index contributed by atoms with van der Waals surface area (Å²) in [5, 5.41) is 0. The molecule has 5 rings (SSSR count). The van der Waals surface area contributed by atoms with E-state index in [1.54, 1.807) is 60.7 Å². The average molecular weight is 629 g/mol. The number of rotatable bonds is 8. The van der Waals surface area contributed by atoms with Crippen LogP contribution in [0.2, 0.25) is 0 Å². The fraction of sp³-hybridized carbons (Fsp3) is 0.118. The number of carbonyl (C=O) groups excluding carboxylic acids is 4. The maximum atomic E-state index is 16.1. The molecule has 0 aliphatic carbocycles. The number of esters is 4. The number of carbonyl (C=O) groups is 4. The molecule has 0 saturated carbocycles. The van der Waals surface area contributed by atoms with Crippen molar-refractivity contribution in [3.05, 3.63) is 119 Å². The number of methoxy groups -OCH3 is 4. The van der Waals surface area contributed by atoms with E-state index in [-0.39, 0.29) is 45.0 Å². The third-order valence-corrected chi connectivity index (χ3v) is 7.24. The van der Waals surface area contributed by atoms with Crippen molar-refractivity contribution in [1.29, 1.82) is 0 Å². The van der Waals surface area contributed by atoms with Crippen LogP contribution in [0.1, 0.15) is 41.4 Å². The lowest BCUT2D eigenvalue weighted by Crippen LogP contribution is -2.11. The van der Waals surface area contributed by atoms with E-state index in [0.717, 1.165) is 37.6 Å². The molecule has 46 heavy (non-hydrogen) atoms. The average Bonchev–Trinajstić information content (AvgIpc) is 3.58. The van der Waals surface area contributed by atoms with Crippen molar-refractivity contribution < 1.29 is 46.9 Å². The number of ether oxygens (including phenoxy) is 4. The van der Waals surface area contributed by atoms with Crippen LogP contribution in [0.25, 0.3) is 33.9 Å². The van der Waals surface area contributed by atoms with E-state index in [2.05, 4.69) is 0 Å². The van der Waals surface area contributed by atoms with Crippen LogP contribution in [0, 0.1) is 11.9 Å². The summed E-state index contributed by atoms with van der Waals surface area (Å²) in [6.45, 7) is 0. The third-order valence-electron chi connectivity index (χ3n) is 7.24. The highest BCUT2D eigenvalue weighted by molar-refractivity contribution is 6.09. The number of aromatic nitrogens is 2. The summed E-state index contributed by atoms with van der Waals surface area (Å²) in [6, 6.07) is 22.3. The highest BCUT2D eigenvalue weighted by Crippen LogP contribution is 2.39. The molecular weight excluding hydrogens is 602 g/mol. The second-order valence-electron chi connectivity index (χ2n) is 9.66. The molecule has 0 aliphatic rings. The monoisotopic (exact) mass is 628 g/mol. The number of para-hydroxylation sites is 2. The second-order valence-corrected chi connectivity index (χ2v) is 9.66. The molecule has 3 aromatic carbocycles. The van der Waals surface area contributed by atoms with Crippen molar-refractivity contribution in [3.8, 4) is 33.9 Å². The Bertz CT molecular complexity index is 1820. The summed E-state index contributed by atoms with van der Waals surface area (Å²) in [6.07, 6.45) is 0. The van der Waals surface area contributed by atoms with Gasteiger partial charge in [-0.1, -0.05) is 60.7 Å². The van der Waals surface area contributed by atoms with Crippen LogP contribution >= 0.6 is 0 Å². The van der Waals surface area contributed by atoms with Crippen LogP contribution in [-0.4, -0.2) is 61.5 Å². The van der Waals surface area contributed by atoms with E-state index in [4.69, 9.17) is 18.9 Å². The SMILES string of the molecule is COC(=O)c1c(C(=O)OC)c(-c2ccc(-c3c(C(=O)OC)c(C(=O)OC)c(F)n3-c3ccccc3)cc2)n(-c2ccccc2)c1F. The zero-order valence-corrected chi connectivity index (χ0v) is 25.0. The molecule has 234 valence electrons. The highest BCUT2D eigenvalue weighted by Gasteiger charge is 2.36. The summed E-state index contributed by atoms with van der Waals surface area (Å²) in [5.74, 6) is -6.31. The molecule has 2 aromatic heterocycles. The first-order valence-electron chi connectivity index (χ1n) is 13.6. The van der Waals surface area contributed by atoms with Gasteiger partial charge in [0.1, 0.15) is 22.3 Å². The number of hydrogen-bond donors (Lipinski definition) is 0.